The Balaban J connectivity index is 1.97. The zero-order chi connectivity index (χ0) is 19.0. The lowest BCUT2D eigenvalue weighted by atomic mass is 10.0. The van der Waals surface area contributed by atoms with E-state index in [0.717, 1.165) is 18.2 Å². The first-order chi connectivity index (χ1) is 12.4. The van der Waals surface area contributed by atoms with Gasteiger partial charge in [0.25, 0.3) is 0 Å². The topological polar surface area (TPSA) is 84.5 Å². The molecule has 0 spiro atoms. The molecule has 2 aromatic carbocycles. The number of carbonyl (C=O) groups is 1. The average molecular weight is 376 g/mol. The van der Waals surface area contributed by atoms with Gasteiger partial charge in [0, 0.05) is 13.0 Å². The van der Waals surface area contributed by atoms with E-state index in [0.29, 0.717) is 17.9 Å². The number of hydrogen-bond donors (Lipinski definition) is 2. The van der Waals surface area contributed by atoms with Crippen molar-refractivity contribution in [2.75, 3.05) is 19.9 Å². The van der Waals surface area contributed by atoms with Gasteiger partial charge < -0.3 is 10.1 Å². The highest BCUT2D eigenvalue weighted by Gasteiger charge is 2.19. The second-order valence-electron chi connectivity index (χ2n) is 6.01. The van der Waals surface area contributed by atoms with Gasteiger partial charge in [0.05, 0.1) is 19.4 Å². The number of benzene rings is 2. The Hall–Kier alpha value is -2.38. The van der Waals surface area contributed by atoms with Crippen molar-refractivity contribution < 1.29 is 17.9 Å². The quantitative estimate of drug-likeness (QED) is 0.701. The predicted octanol–water partition coefficient (Wildman–Crippen LogP) is 2.03. The number of ether oxygens (including phenoxy) is 1. The molecule has 0 saturated heterocycles. The van der Waals surface area contributed by atoms with Crippen LogP contribution in [0.3, 0.4) is 0 Å². The van der Waals surface area contributed by atoms with Gasteiger partial charge in [-0.05, 0) is 29.7 Å². The molecule has 1 amide bonds. The zero-order valence-corrected chi connectivity index (χ0v) is 15.8. The molecule has 0 aliphatic rings. The normalized spacial score (nSPS) is 12.4. The minimum absolute atomic E-state index is 0.0220. The Morgan fingerprint density at radius 3 is 2.31 bits per heavy atom. The molecule has 140 valence electrons. The highest BCUT2D eigenvalue weighted by atomic mass is 32.2. The third kappa shape index (κ3) is 6.85. The third-order valence-corrected chi connectivity index (χ3v) is 4.56. The summed E-state index contributed by atoms with van der Waals surface area (Å²) in [7, 11) is -1.90. The molecule has 26 heavy (non-hydrogen) atoms. The van der Waals surface area contributed by atoms with Gasteiger partial charge in [-0.15, -0.1) is 0 Å². The Kier molecular flexibility index (Phi) is 7.17. The summed E-state index contributed by atoms with van der Waals surface area (Å²) in [4.78, 5) is 12.3. The van der Waals surface area contributed by atoms with E-state index in [4.69, 9.17) is 4.74 Å². The van der Waals surface area contributed by atoms with Gasteiger partial charge in [-0.2, -0.15) is 0 Å². The Labute approximate surface area is 154 Å². The summed E-state index contributed by atoms with van der Waals surface area (Å²) in [5.41, 5.74) is 1.84. The summed E-state index contributed by atoms with van der Waals surface area (Å²) in [6.07, 6.45) is 1.82. The fourth-order valence-electron chi connectivity index (χ4n) is 2.57. The first-order valence-corrected chi connectivity index (χ1v) is 10.2. The maximum Gasteiger partial charge on any atom is 0.221 e. The van der Waals surface area contributed by atoms with Gasteiger partial charge in [-0.25, -0.2) is 13.1 Å². The standard InChI is InChI=1S/C19H24N2O4S/c1-25-17-10-8-16(9-11-17)18(21-26(2,23)24)14-19(22)20-13-12-15-6-4-3-5-7-15/h3-11,18,21H,12-14H2,1-2H3,(H,20,22)/t18-/m0/s1. The molecular formula is C19H24N2O4S. The minimum Gasteiger partial charge on any atom is -0.497 e. The number of amides is 1. The van der Waals surface area contributed by atoms with Crippen LogP contribution in [-0.4, -0.2) is 34.2 Å². The van der Waals surface area contributed by atoms with Crippen LogP contribution >= 0.6 is 0 Å². The highest BCUT2D eigenvalue weighted by molar-refractivity contribution is 7.88. The van der Waals surface area contributed by atoms with E-state index < -0.39 is 16.1 Å². The summed E-state index contributed by atoms with van der Waals surface area (Å²) >= 11 is 0. The van der Waals surface area contributed by atoms with E-state index in [-0.39, 0.29) is 12.3 Å². The number of sulfonamides is 1. The molecule has 6 nitrogen and oxygen atoms in total. The van der Waals surface area contributed by atoms with E-state index in [9.17, 15) is 13.2 Å². The van der Waals surface area contributed by atoms with Gasteiger partial charge >= 0.3 is 0 Å². The molecule has 0 unspecified atom stereocenters. The second-order valence-corrected chi connectivity index (χ2v) is 7.79. The molecule has 0 saturated carbocycles. The smallest absolute Gasteiger partial charge is 0.221 e. The number of carbonyl (C=O) groups excluding carboxylic acids is 1. The molecule has 0 radical (unpaired) electrons. The van der Waals surface area contributed by atoms with Crippen LogP contribution in [0.15, 0.2) is 54.6 Å². The summed E-state index contributed by atoms with van der Waals surface area (Å²) in [6.45, 7) is 0.497. The average Bonchev–Trinajstić information content (AvgIpc) is 2.61. The molecule has 0 fully saturated rings. The van der Waals surface area contributed by atoms with E-state index in [1.54, 1.807) is 31.4 Å². The molecule has 0 aliphatic carbocycles. The lowest BCUT2D eigenvalue weighted by Crippen LogP contribution is -2.34. The van der Waals surface area contributed by atoms with Crippen LogP contribution in [0.25, 0.3) is 0 Å². The molecule has 0 aromatic heterocycles. The van der Waals surface area contributed by atoms with Crippen LogP contribution in [0.4, 0.5) is 0 Å². The third-order valence-electron chi connectivity index (χ3n) is 3.84. The van der Waals surface area contributed by atoms with Crippen molar-refractivity contribution in [1.29, 1.82) is 0 Å². The van der Waals surface area contributed by atoms with E-state index in [1.807, 2.05) is 30.3 Å². The zero-order valence-electron chi connectivity index (χ0n) is 14.9. The minimum atomic E-state index is -3.46. The van der Waals surface area contributed by atoms with Gasteiger partial charge in [-0.3, -0.25) is 4.79 Å². The van der Waals surface area contributed by atoms with Crippen molar-refractivity contribution in [1.82, 2.24) is 10.0 Å². The van der Waals surface area contributed by atoms with Crippen LogP contribution in [-0.2, 0) is 21.2 Å². The van der Waals surface area contributed by atoms with Crippen molar-refractivity contribution in [3.8, 4) is 5.75 Å². The molecule has 0 heterocycles. The van der Waals surface area contributed by atoms with Gasteiger partial charge in [-0.1, -0.05) is 42.5 Å². The lowest BCUT2D eigenvalue weighted by Gasteiger charge is -2.18. The molecule has 2 N–H and O–H groups in total. The Bertz CT molecular complexity index is 805. The van der Waals surface area contributed by atoms with Crippen molar-refractivity contribution in [2.24, 2.45) is 0 Å². The van der Waals surface area contributed by atoms with Crippen LogP contribution in [0.5, 0.6) is 5.75 Å². The molecule has 7 heteroatoms. The number of rotatable bonds is 9. The van der Waals surface area contributed by atoms with Gasteiger partial charge in [0.1, 0.15) is 5.75 Å². The second kappa shape index (κ2) is 9.35. The van der Waals surface area contributed by atoms with Crippen LogP contribution in [0.1, 0.15) is 23.6 Å². The largest absolute Gasteiger partial charge is 0.497 e. The molecule has 0 aliphatic heterocycles. The van der Waals surface area contributed by atoms with Crippen LogP contribution in [0, 0.1) is 0 Å². The first kappa shape index (κ1) is 19.9. The van der Waals surface area contributed by atoms with Crippen LogP contribution < -0.4 is 14.8 Å². The number of hydrogen-bond acceptors (Lipinski definition) is 4. The summed E-state index contributed by atoms with van der Waals surface area (Å²) in [5.74, 6) is 0.456. The van der Waals surface area contributed by atoms with Crippen molar-refractivity contribution in [3.63, 3.8) is 0 Å². The van der Waals surface area contributed by atoms with Crippen molar-refractivity contribution >= 4 is 15.9 Å². The first-order valence-electron chi connectivity index (χ1n) is 8.29. The molecule has 0 bridgehead atoms. The predicted molar refractivity (Wildman–Crippen MR) is 101 cm³/mol. The monoisotopic (exact) mass is 376 g/mol. The fourth-order valence-corrected chi connectivity index (χ4v) is 3.31. The van der Waals surface area contributed by atoms with Gasteiger partial charge in [0.15, 0.2) is 0 Å². The van der Waals surface area contributed by atoms with Gasteiger partial charge in [0.2, 0.25) is 15.9 Å². The van der Waals surface area contributed by atoms with E-state index in [1.165, 1.54) is 0 Å². The summed E-state index contributed by atoms with van der Waals surface area (Å²) in [6, 6.07) is 16.2. The maximum atomic E-state index is 12.3. The number of nitrogens with one attached hydrogen (secondary N) is 2. The summed E-state index contributed by atoms with van der Waals surface area (Å²) < 4.78 is 30.9. The lowest BCUT2D eigenvalue weighted by molar-refractivity contribution is -0.121. The maximum absolute atomic E-state index is 12.3. The van der Waals surface area contributed by atoms with Crippen molar-refractivity contribution in [2.45, 2.75) is 18.9 Å². The molecule has 2 rings (SSSR count). The molecule has 2 aromatic rings. The van der Waals surface area contributed by atoms with E-state index in [2.05, 4.69) is 10.0 Å². The number of methoxy groups -OCH3 is 1. The SMILES string of the molecule is COc1ccc([C@H](CC(=O)NCCc2ccccc2)NS(C)(=O)=O)cc1. The Morgan fingerprint density at radius 2 is 1.73 bits per heavy atom. The summed E-state index contributed by atoms with van der Waals surface area (Å²) in [5, 5.41) is 2.84. The van der Waals surface area contributed by atoms with Crippen LogP contribution in [0.2, 0.25) is 0 Å². The molecular weight excluding hydrogens is 352 g/mol. The van der Waals surface area contributed by atoms with E-state index >= 15 is 0 Å². The highest BCUT2D eigenvalue weighted by Crippen LogP contribution is 2.21. The Morgan fingerprint density at radius 1 is 1.08 bits per heavy atom. The molecule has 1 atom stereocenters. The van der Waals surface area contributed by atoms with Crippen molar-refractivity contribution in [3.05, 3.63) is 65.7 Å². The fraction of sp³-hybridized carbons (Fsp3) is 0.316.